The molecule has 0 saturated carbocycles. The van der Waals surface area contributed by atoms with E-state index in [1.54, 1.807) is 6.92 Å². The van der Waals surface area contributed by atoms with E-state index in [1.165, 1.54) is 0 Å². The molecule has 0 bridgehead atoms. The van der Waals surface area contributed by atoms with Gasteiger partial charge in [-0.3, -0.25) is 4.79 Å². The van der Waals surface area contributed by atoms with Crippen molar-refractivity contribution in [3.8, 4) is 0 Å². The van der Waals surface area contributed by atoms with Crippen molar-refractivity contribution in [1.29, 1.82) is 0 Å². The van der Waals surface area contributed by atoms with Gasteiger partial charge in [-0.25, -0.2) is 0 Å². The molecular weight excluding hydrogens is 276 g/mol. The fourth-order valence-corrected chi connectivity index (χ4v) is 2.31. The van der Waals surface area contributed by atoms with Crippen LogP contribution in [0.1, 0.15) is 19.8 Å². The maximum atomic E-state index is 11.0. The molecule has 0 aromatic rings. The molecule has 0 aromatic heterocycles. The number of piperidine rings is 1. The van der Waals surface area contributed by atoms with Crippen molar-refractivity contribution in [1.82, 2.24) is 4.90 Å². The summed E-state index contributed by atoms with van der Waals surface area (Å²) in [6.45, 7) is 3.15. The number of hydrogen-bond donors (Lipinski definition) is 0. The summed E-state index contributed by atoms with van der Waals surface area (Å²) < 4.78 is -0.221. The number of alkyl halides is 2. The molecule has 0 N–H and O–H groups in total. The zero-order chi connectivity index (χ0) is 8.48. The van der Waals surface area contributed by atoms with Gasteiger partial charge in [0.1, 0.15) is 2.88 Å². The highest BCUT2D eigenvalue weighted by Crippen LogP contribution is 2.34. The highest BCUT2D eigenvalue weighted by molar-refractivity contribution is 14.1. The van der Waals surface area contributed by atoms with Gasteiger partial charge in [0.25, 0.3) is 0 Å². The van der Waals surface area contributed by atoms with Crippen LogP contribution in [0.4, 0.5) is 0 Å². The van der Waals surface area contributed by atoms with E-state index in [0.29, 0.717) is 6.54 Å². The number of amides is 1. The zero-order valence-electron chi connectivity index (χ0n) is 6.44. The van der Waals surface area contributed by atoms with Crippen LogP contribution in [0.25, 0.3) is 0 Å². The van der Waals surface area contributed by atoms with Crippen molar-refractivity contribution in [3.63, 3.8) is 0 Å². The Balaban J connectivity index is 2.53. The molecule has 1 amide bonds. The van der Waals surface area contributed by atoms with Gasteiger partial charge in [-0.15, -0.1) is 11.6 Å². The Morgan fingerprint density at radius 1 is 1.73 bits per heavy atom. The Kier molecular flexibility index (Phi) is 3.02. The van der Waals surface area contributed by atoms with Crippen LogP contribution in [-0.4, -0.2) is 26.8 Å². The zero-order valence-corrected chi connectivity index (χ0v) is 9.35. The minimum atomic E-state index is -0.221. The van der Waals surface area contributed by atoms with Crippen LogP contribution in [0.15, 0.2) is 0 Å². The number of halogens is 2. The molecule has 1 atom stereocenters. The van der Waals surface area contributed by atoms with Crippen molar-refractivity contribution in [2.45, 2.75) is 22.6 Å². The lowest BCUT2D eigenvalue weighted by Gasteiger charge is -2.34. The highest BCUT2D eigenvalue weighted by atomic mass is 127. The van der Waals surface area contributed by atoms with Crippen molar-refractivity contribution >= 4 is 40.1 Å². The van der Waals surface area contributed by atoms with Crippen LogP contribution in [-0.2, 0) is 4.79 Å². The van der Waals surface area contributed by atoms with Crippen molar-refractivity contribution in [2.75, 3.05) is 13.1 Å². The fraction of sp³-hybridized carbons (Fsp3) is 0.857. The van der Waals surface area contributed by atoms with Gasteiger partial charge >= 0.3 is 0 Å². The van der Waals surface area contributed by atoms with E-state index in [1.807, 2.05) is 4.90 Å². The first-order chi connectivity index (χ1) is 5.01. The summed E-state index contributed by atoms with van der Waals surface area (Å²) in [6.07, 6.45) is 2.02. The summed E-state index contributed by atoms with van der Waals surface area (Å²) in [5, 5.41) is 0. The molecule has 1 fully saturated rings. The third-order valence-electron chi connectivity index (χ3n) is 1.84. The lowest BCUT2D eigenvalue weighted by Crippen LogP contribution is -2.43. The predicted octanol–water partition coefficient (Wildman–Crippen LogP) is 2.00. The standard InChI is InChI=1S/C7H11ClINO/c1-6(11)10-4-2-3-7(8,9)5-10/h2-5H2,1H3. The van der Waals surface area contributed by atoms with Crippen LogP contribution in [0.5, 0.6) is 0 Å². The molecule has 1 unspecified atom stereocenters. The molecule has 1 saturated heterocycles. The maximum Gasteiger partial charge on any atom is 0.219 e. The van der Waals surface area contributed by atoms with E-state index < -0.39 is 0 Å². The molecule has 4 heteroatoms. The first-order valence-corrected chi connectivity index (χ1v) is 5.10. The van der Waals surface area contributed by atoms with Gasteiger partial charge in [0.2, 0.25) is 5.91 Å². The molecule has 1 heterocycles. The molecule has 0 radical (unpaired) electrons. The summed E-state index contributed by atoms with van der Waals surface area (Å²) >= 11 is 8.31. The second kappa shape index (κ2) is 3.47. The fourth-order valence-electron chi connectivity index (χ4n) is 1.23. The average molecular weight is 288 g/mol. The second-order valence-electron chi connectivity index (χ2n) is 2.90. The minimum absolute atomic E-state index is 0.131. The van der Waals surface area contributed by atoms with Gasteiger partial charge in [0.15, 0.2) is 0 Å². The number of rotatable bonds is 0. The molecule has 11 heavy (non-hydrogen) atoms. The Morgan fingerprint density at radius 3 is 2.73 bits per heavy atom. The summed E-state index contributed by atoms with van der Waals surface area (Å²) in [5.74, 6) is 0.131. The van der Waals surface area contributed by atoms with E-state index in [9.17, 15) is 4.79 Å². The summed E-state index contributed by atoms with van der Waals surface area (Å²) in [4.78, 5) is 12.8. The molecule has 0 aliphatic carbocycles. The van der Waals surface area contributed by atoms with E-state index in [0.717, 1.165) is 19.4 Å². The molecule has 0 aromatic carbocycles. The van der Waals surface area contributed by atoms with Crippen LogP contribution >= 0.6 is 34.2 Å². The normalized spacial score (nSPS) is 32.1. The summed E-state index contributed by atoms with van der Waals surface area (Å²) in [5.41, 5.74) is 0. The topological polar surface area (TPSA) is 20.3 Å². The number of likely N-dealkylation sites (tertiary alicyclic amines) is 1. The average Bonchev–Trinajstić information content (AvgIpc) is 1.85. The van der Waals surface area contributed by atoms with Crippen LogP contribution < -0.4 is 0 Å². The van der Waals surface area contributed by atoms with Crippen LogP contribution in [0.2, 0.25) is 0 Å². The van der Waals surface area contributed by atoms with Gasteiger partial charge in [-0.1, -0.05) is 22.6 Å². The second-order valence-corrected chi connectivity index (χ2v) is 6.33. The number of nitrogens with zero attached hydrogens (tertiary/aromatic N) is 1. The molecule has 0 spiro atoms. The minimum Gasteiger partial charge on any atom is -0.340 e. The maximum absolute atomic E-state index is 11.0. The molecule has 1 aliphatic heterocycles. The van der Waals surface area contributed by atoms with E-state index in [-0.39, 0.29) is 8.79 Å². The quantitative estimate of drug-likeness (QED) is 0.493. The van der Waals surface area contributed by atoms with Gasteiger partial charge in [0.05, 0.1) is 0 Å². The third kappa shape index (κ3) is 2.78. The number of carbonyl (C=O) groups is 1. The molecule has 1 rings (SSSR count). The number of hydrogen-bond acceptors (Lipinski definition) is 1. The first kappa shape index (κ1) is 9.58. The third-order valence-corrected chi connectivity index (χ3v) is 3.03. The molecule has 64 valence electrons. The highest BCUT2D eigenvalue weighted by Gasteiger charge is 2.31. The van der Waals surface area contributed by atoms with Crippen LogP contribution in [0, 0.1) is 0 Å². The molecular formula is C7H11ClINO. The largest absolute Gasteiger partial charge is 0.340 e. The molecule has 1 aliphatic rings. The monoisotopic (exact) mass is 287 g/mol. The summed E-state index contributed by atoms with van der Waals surface area (Å²) in [7, 11) is 0. The number of carbonyl (C=O) groups excluding carboxylic acids is 1. The van der Waals surface area contributed by atoms with E-state index >= 15 is 0 Å². The first-order valence-electron chi connectivity index (χ1n) is 3.65. The Labute approximate surface area is 85.4 Å². The Hall–Kier alpha value is 0.490. The smallest absolute Gasteiger partial charge is 0.219 e. The van der Waals surface area contributed by atoms with Crippen molar-refractivity contribution in [3.05, 3.63) is 0 Å². The van der Waals surface area contributed by atoms with E-state index in [4.69, 9.17) is 11.6 Å². The van der Waals surface area contributed by atoms with Gasteiger partial charge in [-0.05, 0) is 12.8 Å². The van der Waals surface area contributed by atoms with Crippen LogP contribution in [0.3, 0.4) is 0 Å². The van der Waals surface area contributed by atoms with Gasteiger partial charge in [0, 0.05) is 20.0 Å². The van der Waals surface area contributed by atoms with Gasteiger partial charge < -0.3 is 4.90 Å². The Morgan fingerprint density at radius 2 is 2.36 bits per heavy atom. The lowest BCUT2D eigenvalue weighted by atomic mass is 10.1. The molecule has 2 nitrogen and oxygen atoms in total. The Bertz CT molecular complexity index is 172. The van der Waals surface area contributed by atoms with E-state index in [2.05, 4.69) is 22.6 Å². The van der Waals surface area contributed by atoms with Crippen molar-refractivity contribution in [2.24, 2.45) is 0 Å². The summed E-state index contributed by atoms with van der Waals surface area (Å²) in [6, 6.07) is 0. The van der Waals surface area contributed by atoms with Crippen molar-refractivity contribution < 1.29 is 4.79 Å². The lowest BCUT2D eigenvalue weighted by molar-refractivity contribution is -0.129. The SMILES string of the molecule is CC(=O)N1CCCC(Cl)(I)C1. The van der Waals surface area contributed by atoms with Gasteiger partial charge in [-0.2, -0.15) is 0 Å². The predicted molar refractivity (Wildman–Crippen MR) is 54.1 cm³/mol.